The van der Waals surface area contributed by atoms with Crippen LogP contribution in [0, 0.1) is 5.82 Å². The zero-order valence-electron chi connectivity index (χ0n) is 11.8. The number of halogens is 4. The zero-order chi connectivity index (χ0) is 17.3. The Morgan fingerprint density at radius 2 is 1.65 bits per heavy atom. The van der Waals surface area contributed by atoms with Crippen molar-refractivity contribution < 1.29 is 31.7 Å². The molecule has 0 radical (unpaired) electrons. The van der Waals surface area contributed by atoms with Gasteiger partial charge in [-0.05, 0) is 35.9 Å². The second kappa shape index (κ2) is 6.29. The average Bonchev–Trinajstić information content (AvgIpc) is 2.47. The van der Waals surface area contributed by atoms with E-state index >= 15 is 0 Å². The molecule has 3 N–H and O–H groups in total. The molecule has 0 aliphatic rings. The van der Waals surface area contributed by atoms with Gasteiger partial charge >= 0.3 is 6.18 Å². The Kier molecular flexibility index (Phi) is 4.76. The summed E-state index contributed by atoms with van der Waals surface area (Å²) in [6.07, 6.45) is -4.57. The second-order valence-electron chi connectivity index (χ2n) is 4.90. The summed E-state index contributed by atoms with van der Waals surface area (Å²) in [7, 11) is -3.98. The van der Waals surface area contributed by atoms with Gasteiger partial charge in [0.1, 0.15) is 11.1 Å². The van der Waals surface area contributed by atoms with E-state index in [4.69, 9.17) is 0 Å². The first kappa shape index (κ1) is 17.4. The smallest absolute Gasteiger partial charge is 0.356 e. The van der Waals surface area contributed by atoms with Crippen molar-refractivity contribution in [2.45, 2.75) is 16.3 Å². The topological polar surface area (TPSA) is 61.8 Å². The van der Waals surface area contributed by atoms with E-state index in [1.54, 1.807) is 0 Å². The van der Waals surface area contributed by atoms with E-state index < -0.39 is 32.6 Å². The van der Waals surface area contributed by atoms with Crippen molar-refractivity contribution in [2.75, 3.05) is 6.54 Å². The third-order valence-electron chi connectivity index (χ3n) is 3.36. The molecule has 0 aliphatic carbocycles. The summed E-state index contributed by atoms with van der Waals surface area (Å²) in [5, 5.41) is -1.24. The highest BCUT2D eigenvalue weighted by molar-refractivity contribution is 7.91. The normalized spacial score (nSPS) is 13.8. The second-order valence-corrected chi connectivity index (χ2v) is 7.03. The third kappa shape index (κ3) is 3.70. The van der Waals surface area contributed by atoms with E-state index in [1.165, 1.54) is 6.07 Å². The number of alkyl halides is 3. The number of hydrogen-bond donors (Lipinski definition) is 1. The molecule has 0 fully saturated rings. The van der Waals surface area contributed by atoms with Crippen LogP contribution in [-0.4, -0.2) is 15.0 Å². The van der Waals surface area contributed by atoms with Crippen LogP contribution in [0.25, 0.3) is 0 Å². The van der Waals surface area contributed by atoms with Crippen molar-refractivity contribution in [1.29, 1.82) is 0 Å². The zero-order valence-corrected chi connectivity index (χ0v) is 12.7. The van der Waals surface area contributed by atoms with Gasteiger partial charge in [0.15, 0.2) is 9.84 Å². The van der Waals surface area contributed by atoms with Crippen molar-refractivity contribution in [1.82, 2.24) is 0 Å². The Hall–Kier alpha value is -1.93. The first-order chi connectivity index (χ1) is 10.7. The van der Waals surface area contributed by atoms with Gasteiger partial charge in [0.05, 0.1) is 17.0 Å². The summed E-state index contributed by atoms with van der Waals surface area (Å²) in [5.41, 5.74) is 2.60. The number of benzene rings is 2. The molecule has 3 nitrogen and oxygen atoms in total. The van der Waals surface area contributed by atoms with E-state index in [1.807, 2.05) is 0 Å². The van der Waals surface area contributed by atoms with Gasteiger partial charge in [-0.3, -0.25) is 0 Å². The molecular weight excluding hydrogens is 334 g/mol. The van der Waals surface area contributed by atoms with Gasteiger partial charge in [0.2, 0.25) is 0 Å². The predicted octanol–water partition coefficient (Wildman–Crippen LogP) is 2.60. The van der Waals surface area contributed by atoms with Crippen molar-refractivity contribution in [3.05, 3.63) is 65.5 Å². The monoisotopic (exact) mass is 348 g/mol. The lowest BCUT2D eigenvalue weighted by Crippen LogP contribution is -2.54. The molecule has 2 rings (SSSR count). The fraction of sp³-hybridized carbons (Fsp3) is 0.200. The molecule has 2 aromatic carbocycles. The van der Waals surface area contributed by atoms with Crippen LogP contribution >= 0.6 is 0 Å². The number of sulfone groups is 1. The Labute approximate surface area is 130 Å². The van der Waals surface area contributed by atoms with Gasteiger partial charge in [-0.2, -0.15) is 13.2 Å². The fourth-order valence-corrected chi connectivity index (χ4v) is 3.86. The summed E-state index contributed by atoms with van der Waals surface area (Å²) in [5.74, 6) is -0.603. The number of quaternary nitrogens is 1. The molecule has 0 saturated heterocycles. The highest BCUT2D eigenvalue weighted by Gasteiger charge is 2.34. The maximum atomic E-state index is 12.9. The van der Waals surface area contributed by atoms with E-state index in [9.17, 15) is 26.0 Å². The maximum absolute atomic E-state index is 12.9. The highest BCUT2D eigenvalue weighted by atomic mass is 32.2. The number of rotatable bonds is 4. The first-order valence-corrected chi connectivity index (χ1v) is 8.17. The van der Waals surface area contributed by atoms with Gasteiger partial charge in [-0.25, -0.2) is 12.8 Å². The van der Waals surface area contributed by atoms with E-state index in [0.717, 1.165) is 42.5 Å². The third-order valence-corrected chi connectivity index (χ3v) is 5.55. The van der Waals surface area contributed by atoms with Crippen molar-refractivity contribution in [3.63, 3.8) is 0 Å². The molecule has 0 unspecified atom stereocenters. The van der Waals surface area contributed by atoms with Crippen molar-refractivity contribution >= 4 is 9.84 Å². The summed E-state index contributed by atoms with van der Waals surface area (Å²) < 4.78 is 76.5. The maximum Gasteiger partial charge on any atom is 0.416 e. The van der Waals surface area contributed by atoms with Gasteiger partial charge < -0.3 is 5.73 Å². The van der Waals surface area contributed by atoms with Crippen molar-refractivity contribution in [2.24, 2.45) is 0 Å². The molecule has 0 saturated carbocycles. The Morgan fingerprint density at radius 3 is 2.17 bits per heavy atom. The molecule has 0 bridgehead atoms. The van der Waals surface area contributed by atoms with Crippen LogP contribution in [0.4, 0.5) is 17.6 Å². The molecule has 0 aliphatic heterocycles. The molecule has 124 valence electrons. The predicted molar refractivity (Wildman–Crippen MR) is 75.5 cm³/mol. The van der Waals surface area contributed by atoms with Gasteiger partial charge in [0.25, 0.3) is 0 Å². The SMILES string of the molecule is [NH3+]C[C@H](c1cccc(C(F)(F)F)c1)S(=O)(=O)c1ccc(F)cc1. The Bertz CT molecular complexity index is 786. The van der Waals surface area contributed by atoms with Crippen LogP contribution in [0.2, 0.25) is 0 Å². The van der Waals surface area contributed by atoms with Crippen molar-refractivity contribution in [3.8, 4) is 0 Å². The van der Waals surface area contributed by atoms with Crippen LogP contribution in [0.15, 0.2) is 53.4 Å². The Morgan fingerprint density at radius 1 is 1.04 bits per heavy atom. The minimum absolute atomic E-state index is 0.000787. The molecule has 0 amide bonds. The van der Waals surface area contributed by atoms with Crippen LogP contribution in [0.1, 0.15) is 16.4 Å². The molecule has 0 aromatic heterocycles. The number of hydrogen-bond acceptors (Lipinski definition) is 2. The summed E-state index contributed by atoms with van der Waals surface area (Å²) in [6, 6.07) is 8.28. The molecule has 1 atom stereocenters. The van der Waals surface area contributed by atoms with E-state index in [2.05, 4.69) is 5.73 Å². The van der Waals surface area contributed by atoms with Gasteiger partial charge in [0, 0.05) is 0 Å². The molecular formula is C15H14F4NO2S+. The molecule has 2 aromatic rings. The first-order valence-electron chi connectivity index (χ1n) is 6.62. The molecule has 0 heterocycles. The van der Waals surface area contributed by atoms with Gasteiger partial charge in [-0.1, -0.05) is 18.2 Å². The summed E-state index contributed by atoms with van der Waals surface area (Å²) in [4.78, 5) is -0.162. The lowest BCUT2D eigenvalue weighted by molar-refractivity contribution is -0.367. The highest BCUT2D eigenvalue weighted by Crippen LogP contribution is 2.33. The quantitative estimate of drug-likeness (QED) is 0.682. The average molecular weight is 348 g/mol. The molecule has 8 heteroatoms. The minimum Gasteiger partial charge on any atom is -0.356 e. The lowest BCUT2D eigenvalue weighted by Gasteiger charge is -2.16. The lowest BCUT2D eigenvalue weighted by atomic mass is 10.1. The van der Waals surface area contributed by atoms with Gasteiger partial charge in [-0.15, -0.1) is 0 Å². The molecule has 0 spiro atoms. The minimum atomic E-state index is -4.57. The van der Waals surface area contributed by atoms with Crippen LogP contribution in [0.3, 0.4) is 0 Å². The standard InChI is InChI=1S/C15H13F4NO2S/c16-12-4-6-13(7-5-12)23(21,22)14(9-20)10-2-1-3-11(8-10)15(17,18)19/h1-8,14H,9,20H2/p+1/t14-/m1/s1. The largest absolute Gasteiger partial charge is 0.416 e. The van der Waals surface area contributed by atoms with E-state index in [0.29, 0.717) is 0 Å². The van der Waals surface area contributed by atoms with Crippen LogP contribution < -0.4 is 5.73 Å². The van der Waals surface area contributed by atoms with Crippen LogP contribution in [0.5, 0.6) is 0 Å². The Balaban J connectivity index is 2.49. The fourth-order valence-electron chi connectivity index (χ4n) is 2.20. The summed E-state index contributed by atoms with van der Waals surface area (Å²) >= 11 is 0. The summed E-state index contributed by atoms with van der Waals surface area (Å²) in [6.45, 7) is -0.152. The van der Waals surface area contributed by atoms with E-state index in [-0.39, 0.29) is 17.0 Å². The van der Waals surface area contributed by atoms with Crippen LogP contribution in [-0.2, 0) is 16.0 Å². The molecule has 23 heavy (non-hydrogen) atoms.